The van der Waals surface area contributed by atoms with Crippen LogP contribution in [-0.4, -0.2) is 24.4 Å². The highest BCUT2D eigenvalue weighted by Gasteiger charge is 2.13. The predicted octanol–water partition coefficient (Wildman–Crippen LogP) is 3.64. The Morgan fingerprint density at radius 2 is 2.28 bits per heavy atom. The highest BCUT2D eigenvalue weighted by Crippen LogP contribution is 2.22. The van der Waals surface area contributed by atoms with Gasteiger partial charge in [0.1, 0.15) is 5.75 Å². The number of hydrogen-bond donors (Lipinski definition) is 1. The first-order chi connectivity index (χ1) is 8.58. The van der Waals surface area contributed by atoms with E-state index in [2.05, 4.69) is 28.2 Å². The third kappa shape index (κ3) is 4.50. The topological polar surface area (TPSA) is 38.3 Å². The van der Waals surface area contributed by atoms with Crippen molar-refractivity contribution in [2.45, 2.75) is 24.6 Å². The van der Waals surface area contributed by atoms with Crippen LogP contribution in [0.25, 0.3) is 0 Å². The number of carbonyl (C=O) groups excluding carboxylic acids is 1. The number of amides is 1. The van der Waals surface area contributed by atoms with Crippen molar-refractivity contribution in [1.82, 2.24) is 5.32 Å². The first-order valence-corrected chi connectivity index (χ1v) is 7.13. The zero-order chi connectivity index (χ0) is 13.5. The Kier molecular flexibility index (Phi) is 6.50. The van der Waals surface area contributed by atoms with E-state index in [9.17, 15) is 4.79 Å². The number of carbonyl (C=O) groups is 1. The highest BCUT2D eigenvalue weighted by molar-refractivity contribution is 9.09. The van der Waals surface area contributed by atoms with Crippen molar-refractivity contribution < 1.29 is 9.53 Å². The number of ether oxygens (including phenoxy) is 1. The van der Waals surface area contributed by atoms with E-state index in [4.69, 9.17) is 16.3 Å². The average molecular weight is 335 g/mol. The number of methoxy groups -OCH3 is 1. The van der Waals surface area contributed by atoms with E-state index < -0.39 is 0 Å². The zero-order valence-electron chi connectivity index (χ0n) is 10.5. The van der Waals surface area contributed by atoms with Crippen molar-refractivity contribution in [3.05, 3.63) is 28.8 Å². The molecule has 100 valence electrons. The second-order valence-electron chi connectivity index (χ2n) is 3.94. The number of alkyl halides is 1. The van der Waals surface area contributed by atoms with Gasteiger partial charge in [0.15, 0.2) is 0 Å². The van der Waals surface area contributed by atoms with Crippen LogP contribution in [-0.2, 0) is 0 Å². The fourth-order valence-corrected chi connectivity index (χ4v) is 2.36. The van der Waals surface area contributed by atoms with Crippen molar-refractivity contribution in [1.29, 1.82) is 0 Å². The lowest BCUT2D eigenvalue weighted by molar-refractivity contribution is 0.0950. The molecule has 0 saturated carbocycles. The van der Waals surface area contributed by atoms with E-state index in [-0.39, 0.29) is 10.7 Å². The van der Waals surface area contributed by atoms with Gasteiger partial charge in [-0.05, 0) is 24.6 Å². The summed E-state index contributed by atoms with van der Waals surface area (Å²) in [6.45, 7) is 2.69. The quantitative estimate of drug-likeness (QED) is 0.807. The minimum Gasteiger partial charge on any atom is -0.496 e. The standard InChI is InChI=1S/C13H17BrClNO2/c1-3-4-9(14)8-16-13(17)11-7-10(15)5-6-12(11)18-2/h5-7,9H,3-4,8H2,1-2H3,(H,16,17). The molecule has 1 aromatic rings. The molecule has 1 rings (SSSR count). The Bertz CT molecular complexity index is 412. The highest BCUT2D eigenvalue weighted by atomic mass is 79.9. The van der Waals surface area contributed by atoms with Crippen LogP contribution in [0.5, 0.6) is 5.75 Å². The number of rotatable bonds is 6. The molecular weight excluding hydrogens is 318 g/mol. The van der Waals surface area contributed by atoms with Crippen molar-refractivity contribution >= 4 is 33.4 Å². The number of halogens is 2. The summed E-state index contributed by atoms with van der Waals surface area (Å²) >= 11 is 9.40. The molecule has 3 nitrogen and oxygen atoms in total. The number of hydrogen-bond acceptors (Lipinski definition) is 2. The molecule has 0 radical (unpaired) electrons. The molecule has 1 atom stereocenters. The van der Waals surface area contributed by atoms with Crippen molar-refractivity contribution in [3.8, 4) is 5.75 Å². The second-order valence-corrected chi connectivity index (χ2v) is 5.67. The summed E-state index contributed by atoms with van der Waals surface area (Å²) < 4.78 is 5.14. The smallest absolute Gasteiger partial charge is 0.255 e. The third-order valence-corrected chi connectivity index (χ3v) is 3.51. The monoisotopic (exact) mass is 333 g/mol. The van der Waals surface area contributed by atoms with Crippen LogP contribution in [0, 0.1) is 0 Å². The minimum absolute atomic E-state index is 0.171. The summed E-state index contributed by atoms with van der Waals surface area (Å²) in [6.07, 6.45) is 2.10. The SMILES string of the molecule is CCCC(Br)CNC(=O)c1cc(Cl)ccc1OC. The largest absolute Gasteiger partial charge is 0.496 e. The normalized spacial score (nSPS) is 12.0. The van der Waals surface area contributed by atoms with Crippen LogP contribution in [0.1, 0.15) is 30.1 Å². The fourth-order valence-electron chi connectivity index (χ4n) is 1.57. The van der Waals surface area contributed by atoms with E-state index in [1.54, 1.807) is 18.2 Å². The molecule has 0 aromatic heterocycles. The number of benzene rings is 1. The lowest BCUT2D eigenvalue weighted by Gasteiger charge is -2.12. The molecule has 1 amide bonds. The van der Waals surface area contributed by atoms with Crippen molar-refractivity contribution in [3.63, 3.8) is 0 Å². The molecule has 5 heteroatoms. The van der Waals surface area contributed by atoms with Gasteiger partial charge in [0.25, 0.3) is 5.91 Å². The van der Waals surface area contributed by atoms with Gasteiger partial charge < -0.3 is 10.1 Å². The summed E-state index contributed by atoms with van der Waals surface area (Å²) in [5.74, 6) is 0.355. The molecule has 0 aliphatic carbocycles. The van der Waals surface area contributed by atoms with Gasteiger partial charge in [-0.3, -0.25) is 4.79 Å². The Morgan fingerprint density at radius 1 is 1.56 bits per heavy atom. The predicted molar refractivity (Wildman–Crippen MR) is 78.0 cm³/mol. The van der Waals surface area contributed by atoms with E-state index >= 15 is 0 Å². The first kappa shape index (κ1) is 15.3. The third-order valence-electron chi connectivity index (χ3n) is 2.49. The number of nitrogens with one attached hydrogen (secondary N) is 1. The van der Waals surface area contributed by atoms with Gasteiger partial charge in [-0.15, -0.1) is 0 Å². The van der Waals surface area contributed by atoms with Gasteiger partial charge >= 0.3 is 0 Å². The molecule has 0 heterocycles. The molecule has 0 aliphatic heterocycles. The fraction of sp³-hybridized carbons (Fsp3) is 0.462. The van der Waals surface area contributed by atoms with E-state index in [1.165, 1.54) is 7.11 Å². The van der Waals surface area contributed by atoms with Crippen molar-refractivity contribution in [2.24, 2.45) is 0 Å². The van der Waals surface area contributed by atoms with E-state index in [1.807, 2.05) is 0 Å². The second kappa shape index (κ2) is 7.64. The van der Waals surface area contributed by atoms with Crippen LogP contribution in [0.3, 0.4) is 0 Å². The maximum absolute atomic E-state index is 12.0. The average Bonchev–Trinajstić information content (AvgIpc) is 2.36. The van der Waals surface area contributed by atoms with Gasteiger partial charge in [0.05, 0.1) is 12.7 Å². The van der Waals surface area contributed by atoms with Crippen LogP contribution >= 0.6 is 27.5 Å². The first-order valence-electron chi connectivity index (χ1n) is 5.84. The van der Waals surface area contributed by atoms with Crippen LogP contribution in [0.4, 0.5) is 0 Å². The van der Waals surface area contributed by atoms with Crippen LogP contribution in [0.15, 0.2) is 18.2 Å². The molecule has 1 unspecified atom stereocenters. The molecule has 0 spiro atoms. The van der Waals surface area contributed by atoms with Gasteiger partial charge in [-0.2, -0.15) is 0 Å². The molecule has 1 aromatic carbocycles. The van der Waals surface area contributed by atoms with Gasteiger partial charge in [0.2, 0.25) is 0 Å². The molecule has 0 fully saturated rings. The summed E-state index contributed by atoms with van der Waals surface area (Å²) in [6, 6.07) is 5.00. The molecule has 0 saturated heterocycles. The molecule has 18 heavy (non-hydrogen) atoms. The van der Waals surface area contributed by atoms with Gasteiger partial charge in [-0.25, -0.2) is 0 Å². The van der Waals surface area contributed by atoms with E-state index in [0.29, 0.717) is 22.9 Å². The summed E-state index contributed by atoms with van der Waals surface area (Å²) in [7, 11) is 1.53. The van der Waals surface area contributed by atoms with E-state index in [0.717, 1.165) is 12.8 Å². The zero-order valence-corrected chi connectivity index (χ0v) is 12.8. The molecule has 0 bridgehead atoms. The molecule has 1 N–H and O–H groups in total. The Labute approximate surface area is 121 Å². The summed E-state index contributed by atoms with van der Waals surface area (Å²) in [5.41, 5.74) is 0.459. The molecule has 0 aliphatic rings. The Morgan fingerprint density at radius 3 is 2.89 bits per heavy atom. The lowest BCUT2D eigenvalue weighted by atomic mass is 10.2. The lowest BCUT2D eigenvalue weighted by Crippen LogP contribution is -2.29. The van der Waals surface area contributed by atoms with Crippen LogP contribution in [0.2, 0.25) is 5.02 Å². The Hall–Kier alpha value is -0.740. The van der Waals surface area contributed by atoms with Gasteiger partial charge in [-0.1, -0.05) is 40.9 Å². The maximum atomic E-state index is 12.0. The Balaban J connectivity index is 2.68. The minimum atomic E-state index is -0.171. The summed E-state index contributed by atoms with van der Waals surface area (Å²) in [4.78, 5) is 12.3. The van der Waals surface area contributed by atoms with Crippen LogP contribution < -0.4 is 10.1 Å². The van der Waals surface area contributed by atoms with Crippen molar-refractivity contribution in [2.75, 3.05) is 13.7 Å². The van der Waals surface area contributed by atoms with Gasteiger partial charge in [0, 0.05) is 16.4 Å². The molecular formula is C13H17BrClNO2. The summed E-state index contributed by atoms with van der Waals surface area (Å²) in [5, 5.41) is 3.38. The maximum Gasteiger partial charge on any atom is 0.255 e.